The van der Waals surface area contributed by atoms with Crippen LogP contribution in [0.5, 0.6) is 5.75 Å². The molecule has 1 aliphatic heterocycles. The van der Waals surface area contributed by atoms with Crippen LogP contribution >= 0.6 is 0 Å². The summed E-state index contributed by atoms with van der Waals surface area (Å²) in [6, 6.07) is 14.2. The van der Waals surface area contributed by atoms with Crippen LogP contribution in [-0.4, -0.2) is 40.2 Å². The van der Waals surface area contributed by atoms with Gasteiger partial charge in [0.25, 0.3) is 0 Å². The predicted octanol–water partition coefficient (Wildman–Crippen LogP) is 4.89. The maximum absolute atomic E-state index is 13.4. The maximum Gasteiger partial charge on any atom is 0.138 e. The van der Waals surface area contributed by atoms with E-state index in [-0.39, 0.29) is 0 Å². The molecule has 148 valence electrons. The Labute approximate surface area is 168 Å². The minimum Gasteiger partial charge on any atom is -0.494 e. The summed E-state index contributed by atoms with van der Waals surface area (Å²) in [5.74, 6) is 1.76. The molecule has 0 spiro atoms. The summed E-state index contributed by atoms with van der Waals surface area (Å²) in [4.78, 5) is 11.5. The summed E-state index contributed by atoms with van der Waals surface area (Å²) in [5.41, 5.74) is 4.97. The van der Waals surface area contributed by atoms with Gasteiger partial charge >= 0.3 is 0 Å². The van der Waals surface area contributed by atoms with Crippen LogP contribution in [0.4, 0.5) is 10.2 Å². The number of imidazole rings is 1. The smallest absolute Gasteiger partial charge is 0.138 e. The standard InChI is InChI=1S/C23H23FN4O/c1-2-29-19-4-5-20-21(14-19)28-12-7-16(13-23(28)26-20)17-3-6-22(25-15-17)27-10-8-18(24)9-11-27/h3-7,12-15,18H,2,8-11H2,1H3. The maximum atomic E-state index is 13.4. The van der Waals surface area contributed by atoms with Crippen molar-refractivity contribution in [2.45, 2.75) is 25.9 Å². The number of alkyl halides is 1. The fraction of sp³-hybridized carbons (Fsp3) is 0.304. The van der Waals surface area contributed by atoms with Gasteiger partial charge in [-0.1, -0.05) is 0 Å². The van der Waals surface area contributed by atoms with E-state index in [4.69, 9.17) is 9.72 Å². The lowest BCUT2D eigenvalue weighted by atomic mass is 10.1. The Morgan fingerprint density at radius 1 is 1.07 bits per heavy atom. The molecule has 6 heteroatoms. The molecule has 1 aromatic carbocycles. The van der Waals surface area contributed by atoms with Crippen LogP contribution < -0.4 is 9.64 Å². The van der Waals surface area contributed by atoms with Crippen molar-refractivity contribution in [3.05, 3.63) is 54.9 Å². The lowest BCUT2D eigenvalue weighted by molar-refractivity contribution is 0.276. The van der Waals surface area contributed by atoms with Gasteiger partial charge < -0.3 is 9.64 Å². The molecule has 5 nitrogen and oxygen atoms in total. The average Bonchev–Trinajstić information content (AvgIpc) is 3.12. The molecular weight excluding hydrogens is 367 g/mol. The zero-order valence-electron chi connectivity index (χ0n) is 16.4. The quantitative estimate of drug-likeness (QED) is 0.498. The van der Waals surface area contributed by atoms with Crippen LogP contribution in [0.1, 0.15) is 19.8 Å². The normalized spacial score (nSPS) is 15.3. The summed E-state index contributed by atoms with van der Waals surface area (Å²) in [6.07, 6.45) is 4.41. The number of benzene rings is 1. The van der Waals surface area contributed by atoms with Crippen molar-refractivity contribution in [2.24, 2.45) is 0 Å². The number of anilines is 1. The number of hydrogen-bond donors (Lipinski definition) is 0. The highest BCUT2D eigenvalue weighted by molar-refractivity contribution is 5.83. The predicted molar refractivity (Wildman–Crippen MR) is 113 cm³/mol. The second-order valence-electron chi connectivity index (χ2n) is 7.41. The topological polar surface area (TPSA) is 42.7 Å². The van der Waals surface area contributed by atoms with Gasteiger partial charge in [-0.2, -0.15) is 0 Å². The van der Waals surface area contributed by atoms with Crippen LogP contribution in [0.25, 0.3) is 27.8 Å². The zero-order valence-corrected chi connectivity index (χ0v) is 16.4. The van der Waals surface area contributed by atoms with Crippen LogP contribution in [0, 0.1) is 0 Å². The van der Waals surface area contributed by atoms with Gasteiger partial charge in [0.2, 0.25) is 0 Å². The number of fused-ring (bicyclic) bond motifs is 3. The molecule has 1 fully saturated rings. The van der Waals surface area contributed by atoms with Crippen LogP contribution in [-0.2, 0) is 0 Å². The Kier molecular flexibility index (Phi) is 4.54. The molecule has 4 aromatic rings. The third-order valence-electron chi connectivity index (χ3n) is 5.52. The number of pyridine rings is 2. The van der Waals surface area contributed by atoms with E-state index in [1.54, 1.807) is 0 Å². The van der Waals surface area contributed by atoms with Crippen molar-refractivity contribution in [3.8, 4) is 16.9 Å². The molecular formula is C23H23FN4O. The summed E-state index contributed by atoms with van der Waals surface area (Å²) in [7, 11) is 0. The summed E-state index contributed by atoms with van der Waals surface area (Å²) in [6.45, 7) is 4.07. The first-order valence-electron chi connectivity index (χ1n) is 10.1. The van der Waals surface area contributed by atoms with Gasteiger partial charge in [-0.05, 0) is 61.7 Å². The fourth-order valence-electron chi connectivity index (χ4n) is 3.95. The molecule has 1 saturated heterocycles. The molecule has 0 N–H and O–H groups in total. The number of halogens is 1. The van der Waals surface area contributed by atoms with Crippen molar-refractivity contribution >= 4 is 22.5 Å². The summed E-state index contributed by atoms with van der Waals surface area (Å²) < 4.78 is 21.1. The minimum absolute atomic E-state index is 0.582. The van der Waals surface area contributed by atoms with Gasteiger partial charge in [-0.3, -0.25) is 4.40 Å². The first-order valence-corrected chi connectivity index (χ1v) is 10.1. The fourth-order valence-corrected chi connectivity index (χ4v) is 3.95. The van der Waals surface area contributed by atoms with Crippen molar-refractivity contribution in [1.29, 1.82) is 0 Å². The van der Waals surface area contributed by atoms with Crippen LogP contribution in [0.2, 0.25) is 0 Å². The number of ether oxygens (including phenoxy) is 1. The number of nitrogens with zero attached hydrogens (tertiary/aromatic N) is 4. The molecule has 1 aliphatic rings. The number of piperidine rings is 1. The highest BCUT2D eigenvalue weighted by Gasteiger charge is 2.19. The lowest BCUT2D eigenvalue weighted by Crippen LogP contribution is -2.34. The van der Waals surface area contributed by atoms with E-state index in [1.807, 2.05) is 43.6 Å². The lowest BCUT2D eigenvalue weighted by Gasteiger charge is -2.29. The van der Waals surface area contributed by atoms with Gasteiger partial charge in [-0.25, -0.2) is 14.4 Å². The van der Waals surface area contributed by atoms with Gasteiger partial charge in [0.15, 0.2) is 0 Å². The molecule has 0 radical (unpaired) electrons. The van der Waals surface area contributed by atoms with Crippen molar-refractivity contribution < 1.29 is 9.13 Å². The second kappa shape index (κ2) is 7.35. The number of aromatic nitrogens is 3. The van der Waals surface area contributed by atoms with Gasteiger partial charge in [-0.15, -0.1) is 0 Å². The van der Waals surface area contributed by atoms with Gasteiger partial charge in [0, 0.05) is 37.1 Å². The SMILES string of the molecule is CCOc1ccc2nc3cc(-c4ccc(N5CCC(F)CC5)nc4)ccn3c2c1. The molecule has 0 aliphatic carbocycles. The van der Waals surface area contributed by atoms with E-state index in [0.29, 0.717) is 19.4 Å². The van der Waals surface area contributed by atoms with Crippen molar-refractivity contribution in [3.63, 3.8) is 0 Å². The molecule has 0 unspecified atom stereocenters. The Bertz CT molecular complexity index is 1150. The van der Waals surface area contributed by atoms with Crippen LogP contribution in [0.3, 0.4) is 0 Å². The average molecular weight is 390 g/mol. The second-order valence-corrected chi connectivity index (χ2v) is 7.41. The van der Waals surface area contributed by atoms with E-state index in [1.165, 1.54) is 0 Å². The van der Waals surface area contributed by atoms with E-state index in [9.17, 15) is 4.39 Å². The highest BCUT2D eigenvalue weighted by Crippen LogP contribution is 2.27. The molecule has 3 aromatic heterocycles. The summed E-state index contributed by atoms with van der Waals surface area (Å²) in [5, 5.41) is 0. The Hall–Kier alpha value is -3.15. The molecule has 29 heavy (non-hydrogen) atoms. The van der Waals surface area contributed by atoms with Gasteiger partial charge in [0.1, 0.15) is 23.4 Å². The zero-order chi connectivity index (χ0) is 19.8. The number of rotatable bonds is 4. The van der Waals surface area contributed by atoms with E-state index in [2.05, 4.69) is 32.5 Å². The Morgan fingerprint density at radius 2 is 1.93 bits per heavy atom. The van der Waals surface area contributed by atoms with E-state index >= 15 is 0 Å². The summed E-state index contributed by atoms with van der Waals surface area (Å²) >= 11 is 0. The molecule has 0 amide bonds. The first-order chi connectivity index (χ1) is 14.2. The molecule has 5 rings (SSSR count). The first kappa shape index (κ1) is 17.9. The molecule has 0 bridgehead atoms. The van der Waals surface area contributed by atoms with E-state index < -0.39 is 6.17 Å². The third kappa shape index (κ3) is 3.39. The third-order valence-corrected chi connectivity index (χ3v) is 5.52. The van der Waals surface area contributed by atoms with Crippen molar-refractivity contribution in [2.75, 3.05) is 24.6 Å². The van der Waals surface area contributed by atoms with E-state index in [0.717, 1.165) is 52.5 Å². The Balaban J connectivity index is 1.44. The minimum atomic E-state index is -0.674. The largest absolute Gasteiger partial charge is 0.494 e. The molecule has 0 saturated carbocycles. The van der Waals surface area contributed by atoms with Crippen LogP contribution in [0.15, 0.2) is 54.9 Å². The molecule has 0 atom stereocenters. The van der Waals surface area contributed by atoms with Gasteiger partial charge in [0.05, 0.1) is 17.6 Å². The molecule has 4 heterocycles. The monoisotopic (exact) mass is 390 g/mol. The number of hydrogen-bond acceptors (Lipinski definition) is 4. The Morgan fingerprint density at radius 3 is 2.69 bits per heavy atom. The highest BCUT2D eigenvalue weighted by atomic mass is 19.1. The van der Waals surface area contributed by atoms with Crippen molar-refractivity contribution in [1.82, 2.24) is 14.4 Å².